The number of fused-ring (bicyclic) bond motifs is 1. The minimum Gasteiger partial charge on any atom is -0.315 e. The first-order valence-corrected chi connectivity index (χ1v) is 8.50. The maximum atomic E-state index is 12.3. The highest BCUT2D eigenvalue weighted by molar-refractivity contribution is 7.16. The average molecular weight is 331 g/mol. The van der Waals surface area contributed by atoms with Gasteiger partial charge in [-0.15, -0.1) is 22.9 Å². The van der Waals surface area contributed by atoms with Gasteiger partial charge in [0.15, 0.2) is 0 Å². The van der Waals surface area contributed by atoms with Crippen molar-refractivity contribution in [2.75, 3.05) is 5.32 Å². The van der Waals surface area contributed by atoms with Crippen molar-refractivity contribution in [2.24, 2.45) is 0 Å². The first kappa shape index (κ1) is 15.1. The summed E-state index contributed by atoms with van der Waals surface area (Å²) in [4.78, 5) is 13.6. The predicted octanol–water partition coefficient (Wildman–Crippen LogP) is 4.42. The van der Waals surface area contributed by atoms with E-state index in [9.17, 15) is 10.1 Å². The summed E-state index contributed by atoms with van der Waals surface area (Å²) in [6.45, 7) is 0. The predicted molar refractivity (Wildman–Crippen MR) is 89.3 cm³/mol. The minimum absolute atomic E-state index is 0.289. The molecule has 0 unspecified atom stereocenters. The van der Waals surface area contributed by atoms with E-state index in [-0.39, 0.29) is 5.91 Å². The number of aryl methyl sites for hydroxylation is 1. The van der Waals surface area contributed by atoms with Crippen LogP contribution in [0.2, 0.25) is 0 Å². The molecule has 0 fully saturated rings. The van der Waals surface area contributed by atoms with Crippen molar-refractivity contribution >= 4 is 33.8 Å². The Kier molecular flexibility index (Phi) is 4.47. The minimum atomic E-state index is -0.758. The number of anilines is 1. The standard InChI is InChI=1S/C17H15ClN2OS/c18-15(11-6-2-1-3-7-11)16(21)20-17-13(10-19)12-8-4-5-9-14(12)22-17/h1-3,6-7,15H,4-5,8-9H2,(H,20,21)/t15-/m0/s1. The Bertz CT molecular complexity index is 733. The lowest BCUT2D eigenvalue weighted by atomic mass is 9.96. The highest BCUT2D eigenvalue weighted by Crippen LogP contribution is 2.38. The van der Waals surface area contributed by atoms with Gasteiger partial charge >= 0.3 is 0 Å². The Morgan fingerprint density at radius 1 is 1.27 bits per heavy atom. The molecule has 22 heavy (non-hydrogen) atoms. The van der Waals surface area contributed by atoms with Crippen molar-refractivity contribution in [2.45, 2.75) is 31.1 Å². The summed E-state index contributed by atoms with van der Waals surface area (Å²) in [6.07, 6.45) is 4.17. The number of nitrogens with zero attached hydrogens (tertiary/aromatic N) is 1. The fraction of sp³-hybridized carbons (Fsp3) is 0.294. The fourth-order valence-electron chi connectivity index (χ4n) is 2.72. The van der Waals surface area contributed by atoms with Crippen LogP contribution in [-0.4, -0.2) is 5.91 Å². The summed E-state index contributed by atoms with van der Waals surface area (Å²) in [5, 5.41) is 12.1. The van der Waals surface area contributed by atoms with Gasteiger partial charge < -0.3 is 5.32 Å². The lowest BCUT2D eigenvalue weighted by Gasteiger charge is -2.10. The van der Waals surface area contributed by atoms with Gasteiger partial charge in [0, 0.05) is 4.88 Å². The van der Waals surface area contributed by atoms with E-state index >= 15 is 0 Å². The van der Waals surface area contributed by atoms with Crippen LogP contribution >= 0.6 is 22.9 Å². The number of hydrogen-bond donors (Lipinski definition) is 1. The van der Waals surface area contributed by atoms with Crippen molar-refractivity contribution in [1.29, 1.82) is 5.26 Å². The molecule has 0 radical (unpaired) electrons. The second-order valence-corrected chi connectivity index (χ2v) is 6.83. The second kappa shape index (κ2) is 6.51. The first-order chi connectivity index (χ1) is 10.7. The van der Waals surface area contributed by atoms with E-state index in [1.807, 2.05) is 30.3 Å². The zero-order valence-corrected chi connectivity index (χ0v) is 13.5. The van der Waals surface area contributed by atoms with Crippen LogP contribution < -0.4 is 5.32 Å². The summed E-state index contributed by atoms with van der Waals surface area (Å²) >= 11 is 7.75. The Morgan fingerprint density at radius 3 is 2.73 bits per heavy atom. The largest absolute Gasteiger partial charge is 0.315 e. The number of nitriles is 1. The van der Waals surface area contributed by atoms with Gasteiger partial charge in [-0.1, -0.05) is 30.3 Å². The summed E-state index contributed by atoms with van der Waals surface area (Å²) in [5.41, 5.74) is 2.48. The number of rotatable bonds is 3. The van der Waals surface area contributed by atoms with Crippen molar-refractivity contribution in [3.63, 3.8) is 0 Å². The normalized spacial score (nSPS) is 14.7. The number of carbonyl (C=O) groups is 1. The number of carbonyl (C=O) groups excluding carboxylic acids is 1. The van der Waals surface area contributed by atoms with Crippen molar-refractivity contribution in [1.82, 2.24) is 0 Å². The Labute approximate surface area is 138 Å². The van der Waals surface area contributed by atoms with Gasteiger partial charge in [0.05, 0.1) is 5.56 Å². The summed E-state index contributed by atoms with van der Waals surface area (Å²) in [7, 11) is 0. The van der Waals surface area contributed by atoms with Gasteiger partial charge in [0.1, 0.15) is 16.4 Å². The van der Waals surface area contributed by atoms with E-state index in [0.717, 1.165) is 36.8 Å². The first-order valence-electron chi connectivity index (χ1n) is 7.25. The maximum absolute atomic E-state index is 12.3. The fourth-order valence-corrected chi connectivity index (χ4v) is 4.16. The molecule has 1 aliphatic rings. The number of nitrogens with one attached hydrogen (secondary N) is 1. The molecule has 3 rings (SSSR count). The number of halogens is 1. The van der Waals surface area contributed by atoms with Gasteiger partial charge in [-0.3, -0.25) is 4.79 Å². The van der Waals surface area contributed by atoms with Gasteiger partial charge in [0.2, 0.25) is 5.91 Å². The summed E-state index contributed by atoms with van der Waals surface area (Å²) in [5.74, 6) is -0.289. The molecule has 112 valence electrons. The molecule has 0 bridgehead atoms. The number of benzene rings is 1. The van der Waals surface area contributed by atoms with E-state index in [1.165, 1.54) is 16.2 Å². The quantitative estimate of drug-likeness (QED) is 0.847. The van der Waals surface area contributed by atoms with E-state index in [1.54, 1.807) is 0 Å². The molecule has 1 aromatic carbocycles. The molecule has 0 saturated carbocycles. The Balaban J connectivity index is 1.83. The smallest absolute Gasteiger partial charge is 0.247 e. The summed E-state index contributed by atoms with van der Waals surface area (Å²) in [6, 6.07) is 11.5. The van der Waals surface area contributed by atoms with Crippen LogP contribution in [0.15, 0.2) is 30.3 Å². The molecule has 2 aromatic rings. The molecule has 1 heterocycles. The van der Waals surface area contributed by atoms with Gasteiger partial charge in [-0.25, -0.2) is 0 Å². The van der Waals surface area contributed by atoms with Gasteiger partial charge in [0.25, 0.3) is 0 Å². The SMILES string of the molecule is N#Cc1c(NC(=O)[C@@H](Cl)c2ccccc2)sc2c1CCCC2. The van der Waals surface area contributed by atoms with Crippen LogP contribution in [0.3, 0.4) is 0 Å². The number of thiophene rings is 1. The molecule has 1 aliphatic carbocycles. The highest BCUT2D eigenvalue weighted by Gasteiger charge is 2.24. The number of hydrogen-bond acceptors (Lipinski definition) is 3. The van der Waals surface area contributed by atoms with Crippen LogP contribution in [0, 0.1) is 11.3 Å². The van der Waals surface area contributed by atoms with Crippen LogP contribution in [0.25, 0.3) is 0 Å². The van der Waals surface area contributed by atoms with Crippen LogP contribution in [-0.2, 0) is 17.6 Å². The molecule has 1 amide bonds. The number of alkyl halides is 1. The second-order valence-electron chi connectivity index (χ2n) is 5.29. The zero-order valence-electron chi connectivity index (χ0n) is 11.9. The number of amides is 1. The highest BCUT2D eigenvalue weighted by atomic mass is 35.5. The lowest BCUT2D eigenvalue weighted by molar-refractivity contribution is -0.115. The van der Waals surface area contributed by atoms with Crippen molar-refractivity contribution < 1.29 is 4.79 Å². The van der Waals surface area contributed by atoms with E-state index < -0.39 is 5.38 Å². The van der Waals surface area contributed by atoms with Gasteiger partial charge in [-0.05, 0) is 36.8 Å². The van der Waals surface area contributed by atoms with Crippen molar-refractivity contribution in [3.8, 4) is 6.07 Å². The Hall–Kier alpha value is -1.83. The van der Waals surface area contributed by atoms with E-state index in [4.69, 9.17) is 11.6 Å². The topological polar surface area (TPSA) is 52.9 Å². The molecule has 1 aromatic heterocycles. The molecule has 0 spiro atoms. The van der Waals surface area contributed by atoms with E-state index in [2.05, 4.69) is 11.4 Å². The van der Waals surface area contributed by atoms with Gasteiger partial charge in [-0.2, -0.15) is 5.26 Å². The van der Waals surface area contributed by atoms with Crippen molar-refractivity contribution in [3.05, 3.63) is 51.9 Å². The molecule has 1 N–H and O–H groups in total. The molecular weight excluding hydrogens is 316 g/mol. The van der Waals surface area contributed by atoms with Crippen LogP contribution in [0.1, 0.15) is 39.8 Å². The average Bonchev–Trinajstić information content (AvgIpc) is 2.91. The summed E-state index contributed by atoms with van der Waals surface area (Å²) < 4.78 is 0. The molecular formula is C17H15ClN2OS. The third kappa shape index (κ3) is 2.87. The molecule has 5 heteroatoms. The third-order valence-electron chi connectivity index (χ3n) is 3.84. The lowest BCUT2D eigenvalue weighted by Crippen LogP contribution is -2.17. The monoisotopic (exact) mass is 330 g/mol. The third-order valence-corrected chi connectivity index (χ3v) is 5.50. The molecule has 3 nitrogen and oxygen atoms in total. The van der Waals surface area contributed by atoms with E-state index in [0.29, 0.717) is 10.6 Å². The maximum Gasteiger partial charge on any atom is 0.247 e. The zero-order chi connectivity index (χ0) is 15.5. The van der Waals surface area contributed by atoms with Crippen LogP contribution in [0.5, 0.6) is 0 Å². The Morgan fingerprint density at radius 2 is 2.00 bits per heavy atom. The molecule has 0 saturated heterocycles. The van der Waals surface area contributed by atoms with Crippen LogP contribution in [0.4, 0.5) is 5.00 Å². The molecule has 1 atom stereocenters. The molecule has 0 aliphatic heterocycles.